The summed E-state index contributed by atoms with van der Waals surface area (Å²) in [7, 11) is 0. The van der Waals surface area contributed by atoms with Gasteiger partial charge in [-0.05, 0) is 44.7 Å². The minimum absolute atomic E-state index is 0.199. The lowest BCUT2D eigenvalue weighted by molar-refractivity contribution is 0.451. The molecule has 2 N–H and O–H groups in total. The molecule has 1 aromatic carbocycles. The van der Waals surface area contributed by atoms with E-state index in [2.05, 4.69) is 25.4 Å². The molecular weight excluding hydrogens is 230 g/mol. The van der Waals surface area contributed by atoms with E-state index < -0.39 is 0 Å². The van der Waals surface area contributed by atoms with E-state index in [9.17, 15) is 5.11 Å². The molecule has 0 saturated heterocycles. The van der Waals surface area contributed by atoms with Crippen LogP contribution in [0.3, 0.4) is 0 Å². The van der Waals surface area contributed by atoms with E-state index in [1.54, 1.807) is 0 Å². The lowest BCUT2D eigenvalue weighted by atomic mass is 10.0. The summed E-state index contributed by atoms with van der Waals surface area (Å²) < 4.78 is 0. The summed E-state index contributed by atoms with van der Waals surface area (Å²) in [6.07, 6.45) is 3.29. The van der Waals surface area contributed by atoms with Crippen molar-refractivity contribution in [3.8, 4) is 5.75 Å². The molecule has 0 spiro atoms. The molecule has 0 heterocycles. The summed E-state index contributed by atoms with van der Waals surface area (Å²) in [6.45, 7) is 7.30. The second kappa shape index (κ2) is 6.92. The first-order valence-electron chi connectivity index (χ1n) is 6.10. The maximum absolute atomic E-state index is 9.87. The van der Waals surface area contributed by atoms with Crippen molar-refractivity contribution in [2.45, 2.75) is 38.5 Å². The van der Waals surface area contributed by atoms with Gasteiger partial charge in [0.05, 0.1) is 0 Å². The summed E-state index contributed by atoms with van der Waals surface area (Å²) in [5.74, 6) is 0.392. The van der Waals surface area contributed by atoms with E-state index in [0.717, 1.165) is 24.1 Å². The summed E-state index contributed by atoms with van der Waals surface area (Å²) in [5.41, 5.74) is 2.07. The molecule has 1 aromatic rings. The zero-order valence-corrected chi connectivity index (χ0v) is 12.0. The molecule has 0 bridgehead atoms. The van der Waals surface area contributed by atoms with Crippen molar-refractivity contribution in [3.05, 3.63) is 29.3 Å². The predicted molar refractivity (Wildman–Crippen MR) is 76.9 cm³/mol. The summed E-state index contributed by atoms with van der Waals surface area (Å²) >= 11 is 1.89. The van der Waals surface area contributed by atoms with Crippen LogP contribution in [0, 0.1) is 6.92 Å². The molecule has 96 valence electrons. The van der Waals surface area contributed by atoms with Crippen LogP contribution >= 0.6 is 11.8 Å². The standard InChI is InChI=1S/C14H23NOS/c1-10-5-6-13(14(16)9-10)12(3)15-8-7-11(2)17-4/h5-6,9,11-12,15-16H,7-8H2,1-4H3. The van der Waals surface area contributed by atoms with E-state index in [-0.39, 0.29) is 6.04 Å². The van der Waals surface area contributed by atoms with Gasteiger partial charge in [-0.3, -0.25) is 0 Å². The number of thioether (sulfide) groups is 1. The fraction of sp³-hybridized carbons (Fsp3) is 0.571. The highest BCUT2D eigenvalue weighted by molar-refractivity contribution is 7.99. The second-order valence-electron chi connectivity index (χ2n) is 4.57. The molecule has 2 atom stereocenters. The van der Waals surface area contributed by atoms with Gasteiger partial charge >= 0.3 is 0 Å². The lowest BCUT2D eigenvalue weighted by Crippen LogP contribution is -2.22. The highest BCUT2D eigenvalue weighted by Gasteiger charge is 2.10. The van der Waals surface area contributed by atoms with E-state index in [1.807, 2.05) is 36.9 Å². The van der Waals surface area contributed by atoms with Crippen LogP contribution in [0.15, 0.2) is 18.2 Å². The number of benzene rings is 1. The third-order valence-electron chi connectivity index (χ3n) is 3.06. The average Bonchev–Trinajstić information content (AvgIpc) is 2.28. The minimum atomic E-state index is 0.199. The zero-order chi connectivity index (χ0) is 12.8. The number of phenols is 1. The molecule has 2 unspecified atom stereocenters. The van der Waals surface area contributed by atoms with Crippen molar-refractivity contribution >= 4 is 11.8 Å². The van der Waals surface area contributed by atoms with Crippen LogP contribution in [0.5, 0.6) is 5.75 Å². The minimum Gasteiger partial charge on any atom is -0.508 e. The van der Waals surface area contributed by atoms with Crippen molar-refractivity contribution < 1.29 is 5.11 Å². The van der Waals surface area contributed by atoms with Gasteiger partial charge in [0.25, 0.3) is 0 Å². The van der Waals surface area contributed by atoms with Crippen LogP contribution in [0.25, 0.3) is 0 Å². The van der Waals surface area contributed by atoms with Crippen molar-refractivity contribution in [3.63, 3.8) is 0 Å². The molecule has 17 heavy (non-hydrogen) atoms. The van der Waals surface area contributed by atoms with Gasteiger partial charge in [0.15, 0.2) is 0 Å². The number of hydrogen-bond acceptors (Lipinski definition) is 3. The van der Waals surface area contributed by atoms with E-state index >= 15 is 0 Å². The monoisotopic (exact) mass is 253 g/mol. The van der Waals surface area contributed by atoms with Gasteiger partial charge in [-0.15, -0.1) is 0 Å². The fourth-order valence-electron chi connectivity index (χ4n) is 1.75. The number of nitrogens with one attached hydrogen (secondary N) is 1. The largest absolute Gasteiger partial charge is 0.508 e. The Kier molecular flexibility index (Phi) is 5.86. The van der Waals surface area contributed by atoms with Crippen LogP contribution in [0.2, 0.25) is 0 Å². The first kappa shape index (κ1) is 14.4. The molecule has 1 rings (SSSR count). The molecule has 3 heteroatoms. The van der Waals surface area contributed by atoms with Gasteiger partial charge in [0.1, 0.15) is 5.75 Å². The smallest absolute Gasteiger partial charge is 0.120 e. The fourth-order valence-corrected chi connectivity index (χ4v) is 2.10. The number of aromatic hydroxyl groups is 1. The van der Waals surface area contributed by atoms with Crippen LogP contribution in [-0.2, 0) is 0 Å². The van der Waals surface area contributed by atoms with E-state index in [1.165, 1.54) is 0 Å². The Balaban J connectivity index is 2.49. The highest BCUT2D eigenvalue weighted by Crippen LogP contribution is 2.24. The van der Waals surface area contributed by atoms with Crippen LogP contribution in [0.1, 0.15) is 37.4 Å². The van der Waals surface area contributed by atoms with Gasteiger partial charge in [-0.25, -0.2) is 0 Å². The Bertz CT molecular complexity index is 354. The second-order valence-corrected chi connectivity index (χ2v) is 5.85. The number of rotatable bonds is 6. The topological polar surface area (TPSA) is 32.3 Å². The van der Waals surface area contributed by atoms with Gasteiger partial charge in [-0.1, -0.05) is 19.1 Å². The Labute approximate surface area is 109 Å². The Hall–Kier alpha value is -0.670. The SMILES string of the molecule is CSC(C)CCNC(C)c1ccc(C)cc1O. The molecule has 2 nitrogen and oxygen atoms in total. The quantitative estimate of drug-likeness (QED) is 0.814. The molecule has 0 aliphatic carbocycles. The third-order valence-corrected chi connectivity index (χ3v) is 4.10. The first-order chi connectivity index (χ1) is 8.04. The van der Waals surface area contributed by atoms with Crippen LogP contribution in [-0.4, -0.2) is 23.2 Å². The summed E-state index contributed by atoms with van der Waals surface area (Å²) in [5, 5.41) is 14.0. The van der Waals surface area contributed by atoms with Crippen molar-refractivity contribution in [1.29, 1.82) is 0 Å². The van der Waals surface area contributed by atoms with Crippen LogP contribution in [0.4, 0.5) is 0 Å². The maximum Gasteiger partial charge on any atom is 0.120 e. The van der Waals surface area contributed by atoms with E-state index in [4.69, 9.17) is 0 Å². The lowest BCUT2D eigenvalue weighted by Gasteiger charge is -2.17. The van der Waals surface area contributed by atoms with Gasteiger partial charge in [0.2, 0.25) is 0 Å². The molecular formula is C14H23NOS. The van der Waals surface area contributed by atoms with Crippen LogP contribution < -0.4 is 5.32 Å². The highest BCUT2D eigenvalue weighted by atomic mass is 32.2. The molecule has 0 saturated carbocycles. The van der Waals surface area contributed by atoms with Crippen molar-refractivity contribution in [1.82, 2.24) is 5.32 Å². The molecule has 0 fully saturated rings. The number of hydrogen-bond donors (Lipinski definition) is 2. The van der Waals surface area contributed by atoms with Crippen molar-refractivity contribution in [2.75, 3.05) is 12.8 Å². The molecule has 0 radical (unpaired) electrons. The van der Waals surface area contributed by atoms with E-state index in [0.29, 0.717) is 11.0 Å². The predicted octanol–water partition coefficient (Wildman–Crippen LogP) is 3.49. The average molecular weight is 253 g/mol. The Morgan fingerprint density at radius 1 is 1.35 bits per heavy atom. The normalized spacial score (nSPS) is 14.6. The van der Waals surface area contributed by atoms with Gasteiger partial charge < -0.3 is 10.4 Å². The van der Waals surface area contributed by atoms with Gasteiger partial charge in [-0.2, -0.15) is 11.8 Å². The molecule has 0 aliphatic rings. The first-order valence-corrected chi connectivity index (χ1v) is 7.39. The molecule has 0 aliphatic heterocycles. The Morgan fingerprint density at radius 2 is 2.06 bits per heavy atom. The number of aryl methyl sites for hydroxylation is 1. The Morgan fingerprint density at radius 3 is 2.65 bits per heavy atom. The number of phenolic OH excluding ortho intramolecular Hbond substituents is 1. The zero-order valence-electron chi connectivity index (χ0n) is 11.2. The molecule has 0 amide bonds. The summed E-state index contributed by atoms with van der Waals surface area (Å²) in [6, 6.07) is 6.06. The summed E-state index contributed by atoms with van der Waals surface area (Å²) in [4.78, 5) is 0. The maximum atomic E-state index is 9.87. The van der Waals surface area contributed by atoms with Gasteiger partial charge in [0, 0.05) is 16.9 Å². The third kappa shape index (κ3) is 4.60. The van der Waals surface area contributed by atoms with Crippen molar-refractivity contribution in [2.24, 2.45) is 0 Å². The molecule has 0 aromatic heterocycles.